The molecule has 0 unspecified atom stereocenters. The topological polar surface area (TPSA) is 87.6 Å². The Morgan fingerprint density at radius 2 is 2.00 bits per heavy atom. The van der Waals surface area contributed by atoms with Gasteiger partial charge in [0.25, 0.3) is 5.56 Å². The molecular weight excluding hydrogens is 356 g/mol. The molecule has 4 heterocycles. The molecule has 0 spiro atoms. The molecule has 8 nitrogen and oxygen atoms in total. The average molecular weight is 369 g/mol. The first kappa shape index (κ1) is 16.2. The van der Waals surface area contributed by atoms with E-state index in [4.69, 9.17) is 11.6 Å². The number of halogens is 1. The van der Waals surface area contributed by atoms with Crippen molar-refractivity contribution in [1.29, 1.82) is 0 Å². The summed E-state index contributed by atoms with van der Waals surface area (Å²) in [7, 11) is 1.66. The van der Waals surface area contributed by atoms with Crippen LogP contribution in [0.4, 0.5) is 0 Å². The lowest BCUT2D eigenvalue weighted by Gasteiger charge is -2.15. The highest BCUT2D eigenvalue weighted by Crippen LogP contribution is 2.16. The lowest BCUT2D eigenvalue weighted by Crippen LogP contribution is -2.37. The van der Waals surface area contributed by atoms with E-state index in [0.29, 0.717) is 28.9 Å². The van der Waals surface area contributed by atoms with Gasteiger partial charge in [-0.25, -0.2) is 14.3 Å². The Hall–Kier alpha value is -3.26. The van der Waals surface area contributed by atoms with Crippen LogP contribution in [0.15, 0.2) is 58.5 Å². The zero-order valence-corrected chi connectivity index (χ0v) is 14.5. The van der Waals surface area contributed by atoms with E-state index in [1.54, 1.807) is 48.3 Å². The van der Waals surface area contributed by atoms with Crippen molar-refractivity contribution < 1.29 is 0 Å². The van der Waals surface area contributed by atoms with Crippen molar-refractivity contribution in [2.75, 3.05) is 0 Å². The molecule has 0 bridgehead atoms. The standard InChI is InChI=1S/C17H13ClN6O2/c1-22-14(6-7-20-22)24-16(25)12-3-2-8-23(15(12)21-17(24)26)10-11-4-5-13(18)19-9-11/h2-9H,10H2,1H3. The summed E-state index contributed by atoms with van der Waals surface area (Å²) in [6, 6.07) is 8.49. The van der Waals surface area contributed by atoms with Crippen molar-refractivity contribution in [3.8, 4) is 17.2 Å². The van der Waals surface area contributed by atoms with E-state index in [1.165, 1.54) is 10.9 Å². The zero-order valence-electron chi connectivity index (χ0n) is 13.7. The molecule has 0 N–H and O–H groups in total. The van der Waals surface area contributed by atoms with Crippen LogP contribution in [-0.2, 0) is 13.6 Å². The first-order chi connectivity index (χ1) is 12.5. The van der Waals surface area contributed by atoms with Gasteiger partial charge in [0.2, 0.25) is 0 Å². The normalized spacial score (nSPS) is 11.2. The second-order valence-corrected chi connectivity index (χ2v) is 6.10. The second-order valence-electron chi connectivity index (χ2n) is 5.71. The van der Waals surface area contributed by atoms with E-state index in [0.717, 1.165) is 10.1 Å². The smallest absolute Gasteiger partial charge is 0.328 e. The van der Waals surface area contributed by atoms with Gasteiger partial charge >= 0.3 is 5.69 Å². The summed E-state index contributed by atoms with van der Waals surface area (Å²) < 4.78 is 4.20. The molecule has 0 radical (unpaired) electrons. The molecule has 0 saturated heterocycles. The summed E-state index contributed by atoms with van der Waals surface area (Å²) in [5.41, 5.74) is 0.125. The second kappa shape index (κ2) is 6.23. The third kappa shape index (κ3) is 2.70. The van der Waals surface area contributed by atoms with E-state index in [2.05, 4.69) is 15.1 Å². The molecule has 130 valence electrons. The van der Waals surface area contributed by atoms with Gasteiger partial charge in [-0.15, -0.1) is 0 Å². The Balaban J connectivity index is 1.88. The van der Waals surface area contributed by atoms with Gasteiger partial charge in [0, 0.05) is 25.5 Å². The predicted molar refractivity (Wildman–Crippen MR) is 95.8 cm³/mol. The maximum absolute atomic E-state index is 12.9. The van der Waals surface area contributed by atoms with Crippen LogP contribution in [-0.4, -0.2) is 28.9 Å². The van der Waals surface area contributed by atoms with Crippen LogP contribution in [0.1, 0.15) is 5.56 Å². The van der Waals surface area contributed by atoms with Crippen LogP contribution >= 0.6 is 11.6 Å². The SMILES string of the molecule is Cn1nccc1-n1c(=O)nc2n(Cc3ccc(Cl)nc3)cccc-2c1=O. The van der Waals surface area contributed by atoms with Crippen molar-refractivity contribution in [1.82, 2.24) is 28.9 Å². The van der Waals surface area contributed by atoms with Crippen LogP contribution in [0.3, 0.4) is 0 Å². The quantitative estimate of drug-likeness (QED) is 0.509. The minimum atomic E-state index is -0.653. The van der Waals surface area contributed by atoms with Gasteiger partial charge in [0.15, 0.2) is 5.82 Å². The molecule has 0 amide bonds. The fourth-order valence-corrected chi connectivity index (χ4v) is 2.91. The minimum absolute atomic E-state index is 0.316. The Morgan fingerprint density at radius 1 is 1.15 bits per heavy atom. The number of hydrogen-bond acceptors (Lipinski definition) is 5. The van der Waals surface area contributed by atoms with Gasteiger partial charge in [-0.05, 0) is 23.8 Å². The van der Waals surface area contributed by atoms with Gasteiger partial charge < -0.3 is 4.57 Å². The number of aromatic nitrogens is 6. The van der Waals surface area contributed by atoms with E-state index in [-0.39, 0.29) is 0 Å². The van der Waals surface area contributed by atoms with Crippen LogP contribution in [0, 0.1) is 0 Å². The molecule has 0 aliphatic carbocycles. The first-order valence-electron chi connectivity index (χ1n) is 7.75. The van der Waals surface area contributed by atoms with E-state index in [9.17, 15) is 9.59 Å². The summed E-state index contributed by atoms with van der Waals surface area (Å²) in [6.07, 6.45) is 4.92. The summed E-state index contributed by atoms with van der Waals surface area (Å²) in [6.45, 7) is 0.406. The molecule has 0 aromatic carbocycles. The Labute approximate surface area is 152 Å². The molecule has 9 heteroatoms. The first-order valence-corrected chi connectivity index (χ1v) is 8.13. The van der Waals surface area contributed by atoms with Gasteiger partial charge in [0.1, 0.15) is 11.0 Å². The lowest BCUT2D eigenvalue weighted by molar-refractivity contribution is 0.692. The van der Waals surface area contributed by atoms with Crippen LogP contribution in [0.2, 0.25) is 5.15 Å². The Kier molecular flexibility index (Phi) is 3.89. The highest BCUT2D eigenvalue weighted by Gasteiger charge is 2.19. The molecule has 0 fully saturated rings. The van der Waals surface area contributed by atoms with Crippen molar-refractivity contribution in [3.63, 3.8) is 0 Å². The summed E-state index contributed by atoms with van der Waals surface area (Å²) in [4.78, 5) is 33.6. The largest absolute Gasteiger partial charge is 0.358 e. The van der Waals surface area contributed by atoms with Crippen molar-refractivity contribution in [2.45, 2.75) is 6.54 Å². The molecule has 0 atom stereocenters. The Morgan fingerprint density at radius 3 is 2.69 bits per heavy atom. The molecule has 2 aromatic heterocycles. The fraction of sp³-hybridized carbons (Fsp3) is 0.118. The molecule has 2 aromatic rings. The fourth-order valence-electron chi connectivity index (χ4n) is 2.79. The Bertz CT molecular complexity index is 1180. The van der Waals surface area contributed by atoms with Crippen LogP contribution < -0.4 is 11.2 Å². The zero-order chi connectivity index (χ0) is 18.3. The van der Waals surface area contributed by atoms with Crippen LogP contribution in [0.5, 0.6) is 0 Å². The maximum Gasteiger partial charge on any atom is 0.358 e. The van der Waals surface area contributed by atoms with Crippen molar-refractivity contribution in [3.05, 3.63) is 80.5 Å². The molecular formula is C17H13ClN6O2. The highest BCUT2D eigenvalue weighted by molar-refractivity contribution is 6.29. The van der Waals surface area contributed by atoms with E-state index >= 15 is 0 Å². The molecule has 2 aliphatic heterocycles. The third-order valence-corrected chi connectivity index (χ3v) is 4.26. The molecule has 4 rings (SSSR count). The lowest BCUT2D eigenvalue weighted by atomic mass is 10.2. The number of aryl methyl sites for hydroxylation is 1. The van der Waals surface area contributed by atoms with Crippen molar-refractivity contribution in [2.24, 2.45) is 7.05 Å². The van der Waals surface area contributed by atoms with Crippen molar-refractivity contribution >= 4 is 11.6 Å². The monoisotopic (exact) mass is 368 g/mol. The van der Waals surface area contributed by atoms with E-state index < -0.39 is 11.2 Å². The molecule has 26 heavy (non-hydrogen) atoms. The number of pyridine rings is 2. The van der Waals surface area contributed by atoms with Gasteiger partial charge in [-0.1, -0.05) is 17.7 Å². The van der Waals surface area contributed by atoms with Crippen LogP contribution in [0.25, 0.3) is 17.2 Å². The van der Waals surface area contributed by atoms with Gasteiger partial charge in [-0.2, -0.15) is 10.1 Å². The minimum Gasteiger partial charge on any atom is -0.328 e. The summed E-state index contributed by atoms with van der Waals surface area (Å²) in [5.74, 6) is 0.683. The van der Waals surface area contributed by atoms with E-state index in [1.807, 2.05) is 6.07 Å². The number of rotatable bonds is 3. The average Bonchev–Trinajstić information content (AvgIpc) is 3.03. The van der Waals surface area contributed by atoms with Gasteiger partial charge in [-0.3, -0.25) is 9.48 Å². The highest BCUT2D eigenvalue weighted by atomic mass is 35.5. The maximum atomic E-state index is 12.9. The predicted octanol–water partition coefficient (Wildman–Crippen LogP) is 1.33. The van der Waals surface area contributed by atoms with Gasteiger partial charge in [0.05, 0.1) is 18.3 Å². The molecule has 2 aliphatic rings. The summed E-state index contributed by atoms with van der Waals surface area (Å²) >= 11 is 5.81. The number of nitrogens with zero attached hydrogens (tertiary/aromatic N) is 6. The summed E-state index contributed by atoms with van der Waals surface area (Å²) in [5, 5.41) is 4.40. The number of fused-ring (bicyclic) bond motifs is 1. The number of hydrogen-bond donors (Lipinski definition) is 0. The third-order valence-electron chi connectivity index (χ3n) is 4.03. The molecule has 0 saturated carbocycles.